The standard InChI is InChI=1S/C15H11ClFNS/c16-12-4-3-5-13(17)11(12)8-10-9-18-14-6-1-2-7-15(14)19-10/h1-7,9-10H,8H2. The molecular weight excluding hydrogens is 281 g/mol. The van der Waals surface area contributed by atoms with E-state index in [4.69, 9.17) is 11.6 Å². The van der Waals surface area contributed by atoms with Crippen LogP contribution in [0.3, 0.4) is 0 Å². The van der Waals surface area contributed by atoms with Gasteiger partial charge in [0.25, 0.3) is 0 Å². The summed E-state index contributed by atoms with van der Waals surface area (Å²) in [7, 11) is 0. The van der Waals surface area contributed by atoms with E-state index in [-0.39, 0.29) is 11.1 Å². The van der Waals surface area contributed by atoms with Crippen LogP contribution in [-0.4, -0.2) is 11.5 Å². The summed E-state index contributed by atoms with van der Waals surface area (Å²) >= 11 is 7.75. The first-order chi connectivity index (χ1) is 9.24. The highest BCUT2D eigenvalue weighted by Gasteiger charge is 2.18. The summed E-state index contributed by atoms with van der Waals surface area (Å²) in [6, 6.07) is 12.7. The lowest BCUT2D eigenvalue weighted by Gasteiger charge is -2.18. The van der Waals surface area contributed by atoms with Gasteiger partial charge in [-0.1, -0.05) is 29.8 Å². The van der Waals surface area contributed by atoms with Gasteiger partial charge in [0.15, 0.2) is 0 Å². The molecule has 0 bridgehead atoms. The minimum atomic E-state index is -0.250. The van der Waals surface area contributed by atoms with Gasteiger partial charge in [-0.15, -0.1) is 11.8 Å². The molecule has 0 aromatic heterocycles. The highest BCUT2D eigenvalue weighted by molar-refractivity contribution is 8.00. The van der Waals surface area contributed by atoms with E-state index in [9.17, 15) is 4.39 Å². The Balaban J connectivity index is 1.84. The number of hydrogen-bond donors (Lipinski definition) is 0. The van der Waals surface area contributed by atoms with Crippen molar-refractivity contribution in [2.24, 2.45) is 4.99 Å². The zero-order valence-electron chi connectivity index (χ0n) is 10.0. The van der Waals surface area contributed by atoms with Crippen molar-refractivity contribution in [3.8, 4) is 0 Å². The van der Waals surface area contributed by atoms with E-state index in [0.717, 1.165) is 10.6 Å². The molecule has 4 heteroatoms. The van der Waals surface area contributed by atoms with Crippen molar-refractivity contribution < 1.29 is 4.39 Å². The Kier molecular flexibility index (Phi) is 3.58. The number of hydrogen-bond acceptors (Lipinski definition) is 2. The third-order valence-corrected chi connectivity index (χ3v) is 4.53. The Bertz CT molecular complexity index is 622. The molecule has 0 spiro atoms. The van der Waals surface area contributed by atoms with E-state index in [1.165, 1.54) is 6.07 Å². The van der Waals surface area contributed by atoms with Crippen LogP contribution in [-0.2, 0) is 6.42 Å². The number of fused-ring (bicyclic) bond motifs is 1. The van der Waals surface area contributed by atoms with Gasteiger partial charge in [0.1, 0.15) is 5.82 Å². The molecule has 0 radical (unpaired) electrons. The predicted molar refractivity (Wildman–Crippen MR) is 79.4 cm³/mol. The maximum absolute atomic E-state index is 13.8. The SMILES string of the molecule is Fc1cccc(Cl)c1CC1C=Nc2ccccc2S1. The van der Waals surface area contributed by atoms with Gasteiger partial charge in [-0.3, -0.25) is 4.99 Å². The zero-order chi connectivity index (χ0) is 13.2. The molecule has 1 aliphatic rings. The van der Waals surface area contributed by atoms with E-state index in [0.29, 0.717) is 17.0 Å². The monoisotopic (exact) mass is 291 g/mol. The molecule has 1 heterocycles. The Morgan fingerprint density at radius 2 is 2.00 bits per heavy atom. The third kappa shape index (κ3) is 2.67. The van der Waals surface area contributed by atoms with E-state index >= 15 is 0 Å². The van der Waals surface area contributed by atoms with Crippen molar-refractivity contribution in [1.29, 1.82) is 0 Å². The summed E-state index contributed by atoms with van der Waals surface area (Å²) in [5.74, 6) is -0.250. The molecule has 1 aliphatic heterocycles. The molecule has 0 saturated heterocycles. The van der Waals surface area contributed by atoms with Gasteiger partial charge < -0.3 is 0 Å². The van der Waals surface area contributed by atoms with Crippen molar-refractivity contribution >= 4 is 35.3 Å². The molecule has 1 nitrogen and oxygen atoms in total. The van der Waals surface area contributed by atoms with Crippen LogP contribution >= 0.6 is 23.4 Å². The van der Waals surface area contributed by atoms with Crippen LogP contribution in [0.5, 0.6) is 0 Å². The molecule has 1 unspecified atom stereocenters. The van der Waals surface area contributed by atoms with Crippen molar-refractivity contribution in [3.05, 3.63) is 58.9 Å². The maximum atomic E-state index is 13.8. The molecule has 0 N–H and O–H groups in total. The van der Waals surface area contributed by atoms with Gasteiger partial charge in [-0.2, -0.15) is 0 Å². The molecule has 3 rings (SSSR count). The number of rotatable bonds is 2. The van der Waals surface area contributed by atoms with Gasteiger partial charge in [0, 0.05) is 26.9 Å². The molecule has 1 atom stereocenters. The summed E-state index contributed by atoms with van der Waals surface area (Å²) in [5, 5.41) is 0.595. The quantitative estimate of drug-likeness (QED) is 0.767. The van der Waals surface area contributed by atoms with Crippen molar-refractivity contribution in [1.82, 2.24) is 0 Å². The van der Waals surface area contributed by atoms with Crippen LogP contribution in [0.2, 0.25) is 5.02 Å². The van der Waals surface area contributed by atoms with E-state index in [2.05, 4.69) is 4.99 Å². The summed E-state index contributed by atoms with van der Waals surface area (Å²) in [6.45, 7) is 0. The van der Waals surface area contributed by atoms with Crippen LogP contribution in [0.4, 0.5) is 10.1 Å². The van der Waals surface area contributed by atoms with Gasteiger partial charge in [0.05, 0.1) is 5.69 Å². The molecule has 0 saturated carbocycles. The molecule has 2 aromatic rings. The van der Waals surface area contributed by atoms with Crippen LogP contribution in [0, 0.1) is 5.82 Å². The molecule has 96 valence electrons. The summed E-state index contributed by atoms with van der Waals surface area (Å²) in [4.78, 5) is 5.55. The second kappa shape index (κ2) is 5.35. The molecular formula is C15H11ClFNS. The molecule has 19 heavy (non-hydrogen) atoms. The molecule has 2 aromatic carbocycles. The highest BCUT2D eigenvalue weighted by atomic mass is 35.5. The van der Waals surface area contributed by atoms with Gasteiger partial charge in [-0.05, 0) is 30.7 Å². The minimum Gasteiger partial charge on any atom is -0.259 e. The van der Waals surface area contributed by atoms with Crippen LogP contribution in [0.25, 0.3) is 0 Å². The second-order valence-electron chi connectivity index (χ2n) is 4.31. The first-order valence-corrected chi connectivity index (χ1v) is 7.22. The average Bonchev–Trinajstić information content (AvgIpc) is 2.43. The maximum Gasteiger partial charge on any atom is 0.127 e. The molecule has 0 amide bonds. The Hall–Kier alpha value is -1.32. The Morgan fingerprint density at radius 1 is 1.16 bits per heavy atom. The number of thioether (sulfide) groups is 1. The number of aliphatic imine (C=N–C) groups is 1. The second-order valence-corrected chi connectivity index (χ2v) is 5.99. The van der Waals surface area contributed by atoms with Crippen molar-refractivity contribution in [2.45, 2.75) is 16.6 Å². The Morgan fingerprint density at radius 3 is 2.84 bits per heavy atom. The number of benzene rings is 2. The van der Waals surface area contributed by atoms with E-state index in [1.807, 2.05) is 30.5 Å². The lowest BCUT2D eigenvalue weighted by molar-refractivity contribution is 0.611. The van der Waals surface area contributed by atoms with Crippen molar-refractivity contribution in [3.63, 3.8) is 0 Å². The summed E-state index contributed by atoms with van der Waals surface area (Å²) < 4.78 is 13.8. The Labute approximate surface area is 120 Å². The van der Waals surface area contributed by atoms with Crippen LogP contribution in [0.15, 0.2) is 52.4 Å². The number of para-hydroxylation sites is 1. The predicted octanol–water partition coefficient (Wildman–Crippen LogP) is 4.90. The fourth-order valence-corrected chi connectivity index (χ4v) is 3.38. The third-order valence-electron chi connectivity index (χ3n) is 2.99. The lowest BCUT2D eigenvalue weighted by Crippen LogP contribution is -2.12. The normalized spacial score (nSPS) is 17.3. The minimum absolute atomic E-state index is 0.115. The summed E-state index contributed by atoms with van der Waals surface area (Å²) in [6.07, 6.45) is 2.42. The summed E-state index contributed by atoms with van der Waals surface area (Å²) in [5.41, 5.74) is 1.54. The number of nitrogens with zero attached hydrogens (tertiary/aromatic N) is 1. The van der Waals surface area contributed by atoms with Crippen LogP contribution < -0.4 is 0 Å². The first kappa shape index (κ1) is 12.7. The number of halogens is 2. The smallest absolute Gasteiger partial charge is 0.127 e. The van der Waals surface area contributed by atoms with Gasteiger partial charge >= 0.3 is 0 Å². The van der Waals surface area contributed by atoms with Gasteiger partial charge in [0.2, 0.25) is 0 Å². The fourth-order valence-electron chi connectivity index (χ4n) is 2.04. The van der Waals surface area contributed by atoms with E-state index in [1.54, 1.807) is 23.9 Å². The lowest BCUT2D eigenvalue weighted by atomic mass is 10.1. The largest absolute Gasteiger partial charge is 0.259 e. The first-order valence-electron chi connectivity index (χ1n) is 5.97. The highest BCUT2D eigenvalue weighted by Crippen LogP contribution is 2.37. The average molecular weight is 292 g/mol. The van der Waals surface area contributed by atoms with E-state index < -0.39 is 0 Å². The van der Waals surface area contributed by atoms with Crippen molar-refractivity contribution in [2.75, 3.05) is 0 Å². The van der Waals surface area contributed by atoms with Gasteiger partial charge in [-0.25, -0.2) is 4.39 Å². The van der Waals surface area contributed by atoms with Crippen LogP contribution in [0.1, 0.15) is 5.56 Å². The molecule has 0 fully saturated rings. The fraction of sp³-hybridized carbons (Fsp3) is 0.133. The molecule has 0 aliphatic carbocycles. The topological polar surface area (TPSA) is 12.4 Å². The zero-order valence-corrected chi connectivity index (χ0v) is 11.6.